The van der Waals surface area contributed by atoms with Crippen LogP contribution in [0.2, 0.25) is 0 Å². The van der Waals surface area contributed by atoms with Gasteiger partial charge in [0.1, 0.15) is 5.75 Å². The molecule has 1 N–H and O–H groups in total. The third-order valence-corrected chi connectivity index (χ3v) is 2.65. The van der Waals surface area contributed by atoms with Gasteiger partial charge < -0.3 is 10.1 Å². The molecule has 5 nitrogen and oxygen atoms in total. The van der Waals surface area contributed by atoms with Crippen LogP contribution in [-0.2, 0) is 4.79 Å². The minimum absolute atomic E-state index is 0.283. The lowest BCUT2D eigenvalue weighted by Gasteiger charge is -2.06. The van der Waals surface area contributed by atoms with E-state index in [2.05, 4.69) is 5.32 Å². The first-order valence-corrected chi connectivity index (χ1v) is 6.18. The summed E-state index contributed by atoms with van der Waals surface area (Å²) in [6, 6.07) is 14.8. The Morgan fingerprint density at radius 2 is 1.67 bits per heavy atom. The molecule has 2 rings (SSSR count). The van der Waals surface area contributed by atoms with Crippen molar-refractivity contribution in [2.24, 2.45) is 0 Å². The van der Waals surface area contributed by atoms with Gasteiger partial charge in [-0.2, -0.15) is 5.26 Å². The van der Waals surface area contributed by atoms with E-state index in [1.807, 2.05) is 6.07 Å². The summed E-state index contributed by atoms with van der Waals surface area (Å²) in [7, 11) is 0. The number of nitrogens with zero attached hydrogens (tertiary/aromatic N) is 1. The van der Waals surface area contributed by atoms with Gasteiger partial charge in [0.25, 0.3) is 5.91 Å². The van der Waals surface area contributed by atoms with Crippen LogP contribution < -0.4 is 10.1 Å². The monoisotopic (exact) mass is 280 g/mol. The summed E-state index contributed by atoms with van der Waals surface area (Å²) in [5, 5.41) is 11.4. The Morgan fingerprint density at radius 3 is 2.19 bits per heavy atom. The average molecular weight is 280 g/mol. The fourth-order valence-electron chi connectivity index (χ4n) is 1.67. The van der Waals surface area contributed by atoms with Crippen molar-refractivity contribution >= 4 is 17.6 Å². The summed E-state index contributed by atoms with van der Waals surface area (Å²) >= 11 is 0. The zero-order valence-corrected chi connectivity index (χ0v) is 11.3. The van der Waals surface area contributed by atoms with Crippen LogP contribution in [0.15, 0.2) is 48.5 Å². The molecule has 0 saturated carbocycles. The molecule has 0 atom stereocenters. The van der Waals surface area contributed by atoms with Gasteiger partial charge >= 0.3 is 5.97 Å². The van der Waals surface area contributed by atoms with E-state index in [1.54, 1.807) is 48.5 Å². The van der Waals surface area contributed by atoms with Crippen LogP contribution in [0.4, 0.5) is 5.69 Å². The van der Waals surface area contributed by atoms with Crippen molar-refractivity contribution in [1.29, 1.82) is 5.26 Å². The van der Waals surface area contributed by atoms with Crippen LogP contribution in [-0.4, -0.2) is 11.9 Å². The first-order chi connectivity index (χ1) is 10.1. The molecule has 0 aliphatic rings. The minimum atomic E-state index is -0.412. The zero-order valence-electron chi connectivity index (χ0n) is 11.3. The number of ether oxygens (including phenoxy) is 1. The molecular formula is C16H12N2O3. The van der Waals surface area contributed by atoms with E-state index in [-0.39, 0.29) is 5.91 Å². The van der Waals surface area contributed by atoms with Gasteiger partial charge in [0.2, 0.25) is 0 Å². The molecule has 1 amide bonds. The molecule has 104 valence electrons. The number of carbonyl (C=O) groups is 2. The number of benzene rings is 2. The van der Waals surface area contributed by atoms with E-state index in [9.17, 15) is 9.59 Å². The normalized spacial score (nSPS) is 9.52. The summed E-state index contributed by atoms with van der Waals surface area (Å²) in [5.74, 6) is -0.309. The van der Waals surface area contributed by atoms with E-state index in [4.69, 9.17) is 10.00 Å². The number of rotatable bonds is 3. The fourth-order valence-corrected chi connectivity index (χ4v) is 1.67. The van der Waals surface area contributed by atoms with Crippen LogP contribution >= 0.6 is 0 Å². The van der Waals surface area contributed by atoms with E-state index >= 15 is 0 Å². The second kappa shape index (κ2) is 6.35. The van der Waals surface area contributed by atoms with Gasteiger partial charge in [-0.25, -0.2) is 0 Å². The van der Waals surface area contributed by atoms with Crippen molar-refractivity contribution in [2.75, 3.05) is 5.32 Å². The summed E-state index contributed by atoms with van der Waals surface area (Å²) in [5.41, 5.74) is 1.57. The van der Waals surface area contributed by atoms with Crippen molar-refractivity contribution in [3.05, 3.63) is 59.7 Å². The molecule has 2 aromatic rings. The van der Waals surface area contributed by atoms with Crippen molar-refractivity contribution in [3.8, 4) is 11.8 Å². The molecule has 21 heavy (non-hydrogen) atoms. The number of carbonyl (C=O) groups excluding carboxylic acids is 2. The van der Waals surface area contributed by atoms with Crippen LogP contribution in [0.25, 0.3) is 0 Å². The third-order valence-electron chi connectivity index (χ3n) is 2.65. The predicted molar refractivity (Wildman–Crippen MR) is 76.9 cm³/mol. The largest absolute Gasteiger partial charge is 0.427 e. The topological polar surface area (TPSA) is 79.2 Å². The highest BCUT2D eigenvalue weighted by Gasteiger charge is 2.07. The molecule has 0 aromatic heterocycles. The molecule has 5 heteroatoms. The summed E-state index contributed by atoms with van der Waals surface area (Å²) < 4.78 is 4.89. The maximum atomic E-state index is 12.0. The Hall–Kier alpha value is -3.13. The van der Waals surface area contributed by atoms with E-state index in [1.165, 1.54) is 6.92 Å². The maximum absolute atomic E-state index is 12.0. The molecule has 0 spiro atoms. The van der Waals surface area contributed by atoms with Crippen molar-refractivity contribution in [3.63, 3.8) is 0 Å². The van der Waals surface area contributed by atoms with E-state index < -0.39 is 5.97 Å². The molecule has 0 aliphatic carbocycles. The molecule has 0 bridgehead atoms. The smallest absolute Gasteiger partial charge is 0.308 e. The highest BCUT2D eigenvalue weighted by Crippen LogP contribution is 2.15. The highest BCUT2D eigenvalue weighted by molar-refractivity contribution is 6.04. The highest BCUT2D eigenvalue weighted by atomic mass is 16.5. The number of nitrogens with one attached hydrogen (secondary N) is 1. The van der Waals surface area contributed by atoms with Gasteiger partial charge in [-0.05, 0) is 48.5 Å². The predicted octanol–water partition coefficient (Wildman–Crippen LogP) is 2.74. The van der Waals surface area contributed by atoms with Crippen LogP contribution in [0.3, 0.4) is 0 Å². The Balaban J connectivity index is 2.05. The standard InChI is InChI=1S/C16H12N2O3/c1-11(19)21-15-8-4-13(5-9-15)16(20)18-14-6-2-12(10-17)3-7-14/h2-9H,1H3,(H,18,20). The third kappa shape index (κ3) is 3.91. The number of hydrogen-bond acceptors (Lipinski definition) is 4. The SMILES string of the molecule is CC(=O)Oc1ccc(C(=O)Nc2ccc(C#N)cc2)cc1. The van der Waals surface area contributed by atoms with E-state index in [0.29, 0.717) is 22.6 Å². The Kier molecular flexibility index (Phi) is 4.32. The van der Waals surface area contributed by atoms with Gasteiger partial charge in [0.15, 0.2) is 0 Å². The van der Waals surface area contributed by atoms with Crippen LogP contribution in [0.5, 0.6) is 5.75 Å². The van der Waals surface area contributed by atoms with Crippen molar-refractivity contribution in [2.45, 2.75) is 6.92 Å². The number of nitriles is 1. The van der Waals surface area contributed by atoms with Gasteiger partial charge in [0, 0.05) is 18.2 Å². The molecule has 0 fully saturated rings. The number of esters is 1. The number of hydrogen-bond donors (Lipinski definition) is 1. The van der Waals surface area contributed by atoms with Gasteiger partial charge in [0.05, 0.1) is 11.6 Å². The average Bonchev–Trinajstić information content (AvgIpc) is 2.48. The quantitative estimate of drug-likeness (QED) is 0.692. The van der Waals surface area contributed by atoms with Gasteiger partial charge in [-0.3, -0.25) is 9.59 Å². The molecule has 2 aromatic carbocycles. The Morgan fingerprint density at radius 1 is 1.05 bits per heavy atom. The summed E-state index contributed by atoms with van der Waals surface area (Å²) in [6.07, 6.45) is 0. The molecule has 0 heterocycles. The van der Waals surface area contributed by atoms with Crippen molar-refractivity contribution in [1.82, 2.24) is 0 Å². The zero-order chi connectivity index (χ0) is 15.2. The fraction of sp³-hybridized carbons (Fsp3) is 0.0625. The first kappa shape index (κ1) is 14.3. The van der Waals surface area contributed by atoms with E-state index in [0.717, 1.165) is 0 Å². The van der Waals surface area contributed by atoms with Gasteiger partial charge in [-0.1, -0.05) is 0 Å². The van der Waals surface area contributed by atoms with Crippen molar-refractivity contribution < 1.29 is 14.3 Å². The lowest BCUT2D eigenvalue weighted by atomic mass is 10.2. The lowest BCUT2D eigenvalue weighted by molar-refractivity contribution is -0.131. The van der Waals surface area contributed by atoms with Crippen LogP contribution in [0, 0.1) is 11.3 Å². The van der Waals surface area contributed by atoms with Crippen LogP contribution in [0.1, 0.15) is 22.8 Å². The molecular weight excluding hydrogens is 268 g/mol. The van der Waals surface area contributed by atoms with Gasteiger partial charge in [-0.15, -0.1) is 0 Å². The molecule has 0 radical (unpaired) electrons. The molecule has 0 unspecified atom stereocenters. The molecule has 0 aliphatic heterocycles. The molecule has 0 saturated heterocycles. The number of anilines is 1. The first-order valence-electron chi connectivity index (χ1n) is 6.18. The second-order valence-corrected chi connectivity index (χ2v) is 4.26. The second-order valence-electron chi connectivity index (χ2n) is 4.26. The summed E-state index contributed by atoms with van der Waals surface area (Å²) in [6.45, 7) is 1.31. The number of amides is 1. The maximum Gasteiger partial charge on any atom is 0.308 e. The Labute approximate surface area is 121 Å². The lowest BCUT2D eigenvalue weighted by Crippen LogP contribution is -2.11. The Bertz CT molecular complexity index is 698. The summed E-state index contributed by atoms with van der Waals surface area (Å²) in [4.78, 5) is 22.8. The minimum Gasteiger partial charge on any atom is -0.427 e.